The van der Waals surface area contributed by atoms with Gasteiger partial charge in [0, 0.05) is 0 Å². The van der Waals surface area contributed by atoms with Gasteiger partial charge in [0.2, 0.25) is 5.90 Å². The molecule has 0 spiro atoms. The molecule has 3 rings (SSSR count). The lowest BCUT2D eigenvalue weighted by molar-refractivity contribution is -0.145. The molecule has 2 aromatic carbocycles. The van der Waals surface area contributed by atoms with Crippen molar-refractivity contribution in [3.8, 4) is 11.5 Å². The number of aliphatic imine (C=N–C) groups is 1. The van der Waals surface area contributed by atoms with Gasteiger partial charge in [-0.3, -0.25) is 0 Å². The Labute approximate surface area is 182 Å². The highest BCUT2D eigenvalue weighted by Crippen LogP contribution is 2.37. The molecular weight excluding hydrogens is 433 g/mol. The van der Waals surface area contributed by atoms with Gasteiger partial charge in [-0.15, -0.1) is 0 Å². The monoisotopic (exact) mass is 449 g/mol. The minimum absolute atomic E-state index is 0.0724. The maximum absolute atomic E-state index is 12.2. The average Bonchev–Trinajstić information content (AvgIpc) is 3.07. The van der Waals surface area contributed by atoms with Crippen molar-refractivity contribution in [2.75, 3.05) is 20.3 Å². The molecule has 0 amide bonds. The number of halogens is 2. The third-order valence-corrected chi connectivity index (χ3v) is 4.53. The number of hydrogen-bond acceptors (Lipinski definition) is 7. The Morgan fingerprint density at radius 3 is 2.67 bits per heavy atom. The van der Waals surface area contributed by atoms with Crippen molar-refractivity contribution in [3.63, 3.8) is 0 Å². The first-order chi connectivity index (χ1) is 14.4. The highest BCUT2D eigenvalue weighted by molar-refractivity contribution is 6.34. The van der Waals surface area contributed by atoms with Gasteiger partial charge in [0.05, 0.1) is 29.3 Å². The van der Waals surface area contributed by atoms with Crippen LogP contribution in [0.2, 0.25) is 10.0 Å². The molecular formula is C21H17Cl2NO6. The van der Waals surface area contributed by atoms with E-state index in [1.54, 1.807) is 43.3 Å². The van der Waals surface area contributed by atoms with Crippen LogP contribution in [0.5, 0.6) is 11.5 Å². The number of nitrogens with zero attached hydrogens (tertiary/aromatic N) is 1. The molecule has 0 aromatic heterocycles. The van der Waals surface area contributed by atoms with E-state index in [9.17, 15) is 9.59 Å². The molecule has 30 heavy (non-hydrogen) atoms. The van der Waals surface area contributed by atoms with Crippen LogP contribution in [-0.2, 0) is 19.1 Å². The molecule has 156 valence electrons. The van der Waals surface area contributed by atoms with E-state index in [1.807, 2.05) is 0 Å². The largest absolute Gasteiger partial charge is 0.493 e. The number of cyclic esters (lactones) is 1. The number of hydrogen-bond donors (Lipinski definition) is 0. The van der Waals surface area contributed by atoms with Crippen molar-refractivity contribution < 1.29 is 28.5 Å². The molecule has 7 nitrogen and oxygen atoms in total. The van der Waals surface area contributed by atoms with Crippen LogP contribution >= 0.6 is 23.2 Å². The average molecular weight is 450 g/mol. The summed E-state index contributed by atoms with van der Waals surface area (Å²) >= 11 is 12.4. The predicted octanol–water partition coefficient (Wildman–Crippen LogP) is 4.29. The zero-order valence-corrected chi connectivity index (χ0v) is 17.6. The Hall–Kier alpha value is -3.03. The third kappa shape index (κ3) is 4.93. The first-order valence-electron chi connectivity index (χ1n) is 8.86. The van der Waals surface area contributed by atoms with Gasteiger partial charge < -0.3 is 18.9 Å². The zero-order chi connectivity index (χ0) is 21.7. The van der Waals surface area contributed by atoms with Crippen molar-refractivity contribution in [2.24, 2.45) is 4.99 Å². The van der Waals surface area contributed by atoms with Crippen LogP contribution in [-0.4, -0.2) is 38.2 Å². The number of benzene rings is 2. The van der Waals surface area contributed by atoms with Crippen molar-refractivity contribution in [2.45, 2.75) is 6.92 Å². The highest BCUT2D eigenvalue weighted by atomic mass is 35.5. The van der Waals surface area contributed by atoms with Gasteiger partial charge in [-0.05, 0) is 42.8 Å². The van der Waals surface area contributed by atoms with Gasteiger partial charge in [0.15, 0.2) is 23.8 Å². The molecule has 9 heteroatoms. The van der Waals surface area contributed by atoms with Gasteiger partial charge in [0.1, 0.15) is 0 Å². The zero-order valence-electron chi connectivity index (χ0n) is 16.1. The fraction of sp³-hybridized carbons (Fsp3) is 0.190. The topological polar surface area (TPSA) is 83.4 Å². The predicted molar refractivity (Wildman–Crippen MR) is 112 cm³/mol. The van der Waals surface area contributed by atoms with Gasteiger partial charge in [-0.1, -0.05) is 35.3 Å². The lowest BCUT2D eigenvalue weighted by atomic mass is 10.1. The van der Waals surface area contributed by atoms with Crippen molar-refractivity contribution in [1.29, 1.82) is 0 Å². The molecule has 0 saturated carbocycles. The second-order valence-corrected chi connectivity index (χ2v) is 6.76. The minimum Gasteiger partial charge on any atom is -0.493 e. The van der Waals surface area contributed by atoms with Crippen LogP contribution in [0.3, 0.4) is 0 Å². The number of carbonyl (C=O) groups is 2. The Morgan fingerprint density at radius 2 is 1.97 bits per heavy atom. The fourth-order valence-corrected chi connectivity index (χ4v) is 3.10. The lowest BCUT2D eigenvalue weighted by Gasteiger charge is -2.12. The van der Waals surface area contributed by atoms with E-state index in [0.717, 1.165) is 0 Å². The fourth-order valence-electron chi connectivity index (χ4n) is 2.61. The van der Waals surface area contributed by atoms with E-state index < -0.39 is 11.9 Å². The molecule has 1 aliphatic heterocycles. The van der Waals surface area contributed by atoms with Crippen molar-refractivity contribution >= 4 is 47.1 Å². The second-order valence-electron chi connectivity index (χ2n) is 5.94. The second kappa shape index (κ2) is 9.65. The Balaban J connectivity index is 1.88. The Bertz CT molecular complexity index is 1050. The van der Waals surface area contributed by atoms with E-state index in [1.165, 1.54) is 13.2 Å². The van der Waals surface area contributed by atoms with E-state index in [4.69, 9.17) is 42.1 Å². The third-order valence-electron chi connectivity index (χ3n) is 3.92. The SMILES string of the molecule is CCOC(=O)COc1c(Cl)cc(/C=C2\N=C(c3ccccc3Cl)OC2=O)cc1OC. The van der Waals surface area contributed by atoms with Crippen LogP contribution < -0.4 is 9.47 Å². The standard InChI is InChI=1S/C21H17Cl2NO6/c1-3-28-18(25)11-29-19-15(23)8-12(10-17(19)27-2)9-16-21(26)30-20(24-16)13-6-4-5-7-14(13)22/h4-10H,3,11H2,1-2H3/b16-9-. The molecule has 0 atom stereocenters. The molecule has 0 aliphatic carbocycles. The maximum atomic E-state index is 12.2. The smallest absolute Gasteiger partial charge is 0.363 e. The molecule has 0 fully saturated rings. The Kier molecular flexibility index (Phi) is 6.97. The summed E-state index contributed by atoms with van der Waals surface area (Å²) in [5, 5.41) is 0.602. The number of methoxy groups -OCH3 is 1. The molecule has 0 N–H and O–H groups in total. The minimum atomic E-state index is -0.623. The molecule has 1 aliphatic rings. The quantitative estimate of drug-likeness (QED) is 0.463. The van der Waals surface area contributed by atoms with Crippen LogP contribution in [0.15, 0.2) is 47.1 Å². The summed E-state index contributed by atoms with van der Waals surface area (Å²) < 4.78 is 20.8. The molecule has 1 heterocycles. The first kappa shape index (κ1) is 21.7. The van der Waals surface area contributed by atoms with Gasteiger partial charge in [-0.2, -0.15) is 0 Å². The van der Waals surface area contributed by atoms with Gasteiger partial charge in [0.25, 0.3) is 0 Å². The summed E-state index contributed by atoms with van der Waals surface area (Å²) in [5.41, 5.74) is 1.11. The van der Waals surface area contributed by atoms with E-state index in [0.29, 0.717) is 16.1 Å². The summed E-state index contributed by atoms with van der Waals surface area (Å²) in [6, 6.07) is 10.0. The summed E-state index contributed by atoms with van der Waals surface area (Å²) in [4.78, 5) is 28.0. The molecule has 2 aromatic rings. The maximum Gasteiger partial charge on any atom is 0.363 e. The van der Waals surface area contributed by atoms with E-state index >= 15 is 0 Å². The summed E-state index contributed by atoms with van der Waals surface area (Å²) in [6.07, 6.45) is 1.50. The van der Waals surface area contributed by atoms with Crippen LogP contribution in [0.4, 0.5) is 0 Å². The number of carbonyl (C=O) groups excluding carboxylic acids is 2. The summed E-state index contributed by atoms with van der Waals surface area (Å²) in [7, 11) is 1.43. The summed E-state index contributed by atoms with van der Waals surface area (Å²) in [6.45, 7) is 1.62. The number of rotatable bonds is 7. The number of ether oxygens (including phenoxy) is 4. The molecule has 0 bridgehead atoms. The normalized spacial score (nSPS) is 14.3. The van der Waals surface area contributed by atoms with Crippen LogP contribution in [0, 0.1) is 0 Å². The van der Waals surface area contributed by atoms with Crippen LogP contribution in [0.1, 0.15) is 18.1 Å². The van der Waals surface area contributed by atoms with Crippen molar-refractivity contribution in [3.05, 3.63) is 63.3 Å². The first-order valence-corrected chi connectivity index (χ1v) is 9.62. The molecule has 0 unspecified atom stereocenters. The van der Waals surface area contributed by atoms with Gasteiger partial charge in [-0.25, -0.2) is 14.6 Å². The Morgan fingerprint density at radius 1 is 1.20 bits per heavy atom. The highest BCUT2D eigenvalue weighted by Gasteiger charge is 2.26. The van der Waals surface area contributed by atoms with Crippen LogP contribution in [0.25, 0.3) is 6.08 Å². The molecule has 0 radical (unpaired) electrons. The number of esters is 2. The van der Waals surface area contributed by atoms with E-state index in [-0.39, 0.29) is 41.3 Å². The summed E-state index contributed by atoms with van der Waals surface area (Å²) in [5.74, 6) is -0.576. The van der Waals surface area contributed by atoms with Gasteiger partial charge >= 0.3 is 11.9 Å². The van der Waals surface area contributed by atoms with Crippen molar-refractivity contribution in [1.82, 2.24) is 0 Å². The van der Waals surface area contributed by atoms with E-state index in [2.05, 4.69) is 4.99 Å². The molecule has 0 saturated heterocycles. The lowest BCUT2D eigenvalue weighted by Crippen LogP contribution is -2.15.